The molecular weight excluding hydrogens is 745 g/mol. The lowest BCUT2D eigenvalue weighted by atomic mass is 9.92. The van der Waals surface area contributed by atoms with Crippen LogP contribution in [0.3, 0.4) is 0 Å². The van der Waals surface area contributed by atoms with Crippen LogP contribution in [0.2, 0.25) is 0 Å². The van der Waals surface area contributed by atoms with Gasteiger partial charge in [0.25, 0.3) is 0 Å². The highest BCUT2D eigenvalue weighted by atomic mass is 16.3. The van der Waals surface area contributed by atoms with Gasteiger partial charge in [0, 0.05) is 27.6 Å². The van der Waals surface area contributed by atoms with E-state index < -0.39 is 0 Å². The molecule has 2 aromatic heterocycles. The lowest BCUT2D eigenvalue weighted by Gasteiger charge is -2.38. The number of aryl methyl sites for hydroxylation is 1. The molecule has 0 fully saturated rings. The van der Waals surface area contributed by atoms with Crippen LogP contribution in [0.15, 0.2) is 192 Å². The summed E-state index contributed by atoms with van der Waals surface area (Å²) in [6.45, 7) is 0. The van der Waals surface area contributed by atoms with Gasteiger partial charge in [0.05, 0.1) is 17.1 Å². The van der Waals surface area contributed by atoms with Crippen LogP contribution in [0.4, 0.5) is 11.4 Å². The molecule has 1 aliphatic heterocycles. The fourth-order valence-corrected chi connectivity index (χ4v) is 10.1. The highest BCUT2D eigenvalue weighted by molar-refractivity contribution is 6.25. The number of para-hydroxylation sites is 2. The fraction of sp³-hybridized carbons (Fsp3) is 0.0536. The summed E-state index contributed by atoms with van der Waals surface area (Å²) in [6.07, 6.45) is 1.71. The number of hydrogen-bond donors (Lipinski definition) is 0. The SMILES string of the molecule is c1ccc2c(c1)CCC(c1nc(-c3ccc4c5ccccc5c5ccccc5c4c3)nc(-c3cccc4ccc5ccccc5c34)n1)N2c1cccc2oc3ccccc3c12. The number of nitrogens with zero attached hydrogens (tertiary/aromatic N) is 4. The number of fused-ring (bicyclic) bond motifs is 13. The Hall–Kier alpha value is -7.89. The molecule has 286 valence electrons. The summed E-state index contributed by atoms with van der Waals surface area (Å²) in [5.41, 5.74) is 7.19. The third-order valence-electron chi connectivity index (χ3n) is 12.9. The molecule has 12 aromatic rings. The molecule has 1 aliphatic rings. The summed E-state index contributed by atoms with van der Waals surface area (Å²) in [6, 6.07) is 66.9. The molecule has 0 saturated heterocycles. The van der Waals surface area contributed by atoms with Crippen molar-refractivity contribution >= 4 is 87.2 Å². The van der Waals surface area contributed by atoms with E-state index in [4.69, 9.17) is 19.4 Å². The van der Waals surface area contributed by atoms with Crippen LogP contribution < -0.4 is 4.90 Å². The molecule has 61 heavy (non-hydrogen) atoms. The Balaban J connectivity index is 1.09. The van der Waals surface area contributed by atoms with Gasteiger partial charge >= 0.3 is 0 Å². The van der Waals surface area contributed by atoms with Gasteiger partial charge in [0.2, 0.25) is 0 Å². The van der Waals surface area contributed by atoms with Crippen molar-refractivity contribution in [2.24, 2.45) is 0 Å². The molecule has 3 heterocycles. The van der Waals surface area contributed by atoms with Crippen LogP contribution in [0.25, 0.3) is 98.6 Å². The van der Waals surface area contributed by atoms with E-state index in [-0.39, 0.29) is 6.04 Å². The second-order valence-electron chi connectivity index (χ2n) is 16.2. The number of aromatic nitrogens is 3. The summed E-state index contributed by atoms with van der Waals surface area (Å²) in [5, 5.41) is 14.1. The van der Waals surface area contributed by atoms with Gasteiger partial charge in [-0.05, 0) is 97.2 Å². The van der Waals surface area contributed by atoms with Gasteiger partial charge in [0.1, 0.15) is 11.2 Å². The Labute approximate surface area is 351 Å². The Morgan fingerprint density at radius 2 is 1.03 bits per heavy atom. The first kappa shape index (κ1) is 34.0. The van der Waals surface area contributed by atoms with Crippen molar-refractivity contribution in [1.29, 1.82) is 0 Å². The number of anilines is 2. The second kappa shape index (κ2) is 13.3. The molecule has 0 N–H and O–H groups in total. The Kier molecular flexibility index (Phi) is 7.43. The summed E-state index contributed by atoms with van der Waals surface area (Å²) in [5.74, 6) is 2.05. The quantitative estimate of drug-likeness (QED) is 0.167. The largest absolute Gasteiger partial charge is 0.456 e. The third-order valence-corrected chi connectivity index (χ3v) is 12.9. The minimum absolute atomic E-state index is 0.202. The maximum Gasteiger partial charge on any atom is 0.164 e. The van der Waals surface area contributed by atoms with E-state index >= 15 is 0 Å². The average Bonchev–Trinajstić information content (AvgIpc) is 3.72. The predicted molar refractivity (Wildman–Crippen MR) is 252 cm³/mol. The summed E-state index contributed by atoms with van der Waals surface area (Å²) >= 11 is 0. The average molecular weight is 781 g/mol. The van der Waals surface area contributed by atoms with E-state index in [1.165, 1.54) is 48.7 Å². The van der Waals surface area contributed by atoms with E-state index in [1.54, 1.807) is 0 Å². The minimum atomic E-state index is -0.202. The molecule has 0 radical (unpaired) electrons. The number of benzene rings is 10. The van der Waals surface area contributed by atoms with Crippen LogP contribution in [-0.4, -0.2) is 15.0 Å². The lowest BCUT2D eigenvalue weighted by Crippen LogP contribution is -2.31. The first-order valence-corrected chi connectivity index (χ1v) is 21.0. The van der Waals surface area contributed by atoms with E-state index in [9.17, 15) is 0 Å². The first-order valence-electron chi connectivity index (χ1n) is 21.0. The maximum atomic E-state index is 6.47. The monoisotopic (exact) mass is 780 g/mol. The summed E-state index contributed by atoms with van der Waals surface area (Å²) in [4.78, 5) is 19.0. The van der Waals surface area contributed by atoms with Gasteiger partial charge in [-0.15, -0.1) is 0 Å². The lowest BCUT2D eigenvalue weighted by molar-refractivity contribution is 0.572. The maximum absolute atomic E-state index is 6.47. The van der Waals surface area contributed by atoms with E-state index in [2.05, 4.69) is 187 Å². The van der Waals surface area contributed by atoms with Crippen LogP contribution in [0.5, 0.6) is 0 Å². The number of hydrogen-bond acceptors (Lipinski definition) is 5. The molecular formula is C56H36N4O. The zero-order chi connectivity index (χ0) is 40.0. The van der Waals surface area contributed by atoms with Crippen LogP contribution in [0.1, 0.15) is 23.9 Å². The molecule has 0 amide bonds. The molecule has 0 spiro atoms. The van der Waals surface area contributed by atoms with Gasteiger partial charge in [-0.1, -0.05) is 158 Å². The third kappa shape index (κ3) is 5.23. The topological polar surface area (TPSA) is 55.1 Å². The molecule has 10 aromatic carbocycles. The van der Waals surface area contributed by atoms with Crippen molar-refractivity contribution < 1.29 is 4.42 Å². The number of furan rings is 1. The predicted octanol–water partition coefficient (Wildman–Crippen LogP) is 14.7. The van der Waals surface area contributed by atoms with Crippen molar-refractivity contribution in [3.63, 3.8) is 0 Å². The molecule has 0 saturated carbocycles. The van der Waals surface area contributed by atoms with Crippen molar-refractivity contribution in [2.45, 2.75) is 18.9 Å². The molecule has 5 nitrogen and oxygen atoms in total. The molecule has 1 atom stereocenters. The van der Waals surface area contributed by atoms with Crippen LogP contribution >= 0.6 is 0 Å². The van der Waals surface area contributed by atoms with E-state index in [0.29, 0.717) is 11.6 Å². The molecule has 5 heteroatoms. The van der Waals surface area contributed by atoms with Crippen molar-refractivity contribution in [2.75, 3.05) is 4.90 Å². The number of rotatable bonds is 4. The fourth-order valence-electron chi connectivity index (χ4n) is 10.1. The molecule has 0 bridgehead atoms. The molecule has 13 rings (SSSR count). The normalized spacial score (nSPS) is 14.2. The Morgan fingerprint density at radius 1 is 0.426 bits per heavy atom. The van der Waals surface area contributed by atoms with Crippen molar-refractivity contribution in [1.82, 2.24) is 15.0 Å². The van der Waals surface area contributed by atoms with E-state index in [0.717, 1.165) is 73.9 Å². The van der Waals surface area contributed by atoms with Gasteiger partial charge in [0.15, 0.2) is 17.5 Å². The van der Waals surface area contributed by atoms with Gasteiger partial charge in [-0.2, -0.15) is 0 Å². The molecule has 0 aliphatic carbocycles. The van der Waals surface area contributed by atoms with Gasteiger partial charge < -0.3 is 9.32 Å². The van der Waals surface area contributed by atoms with Crippen molar-refractivity contribution in [3.8, 4) is 22.8 Å². The smallest absolute Gasteiger partial charge is 0.164 e. The Morgan fingerprint density at radius 3 is 1.87 bits per heavy atom. The van der Waals surface area contributed by atoms with Gasteiger partial charge in [-0.3, -0.25) is 0 Å². The van der Waals surface area contributed by atoms with Gasteiger partial charge in [-0.25, -0.2) is 15.0 Å². The standard InChI is InChI=1S/C56H36N4O/c1-3-16-38-34(13-1)27-28-36-15-11-22-45(52(36)38)55-57-54(37-29-31-43-41-19-5-4-17-39(41)40-18-6-7-20-42(40)46(43)33-37)58-56(59-55)49-32-30-35-14-2-9-23-47(35)60(49)48-24-12-26-51-53(48)44-21-8-10-25-50(44)61-51/h1-29,31,33,49H,30,32H2. The first-order chi connectivity index (χ1) is 30.2. The van der Waals surface area contributed by atoms with E-state index in [1.807, 2.05) is 6.07 Å². The van der Waals surface area contributed by atoms with Crippen LogP contribution in [0, 0.1) is 0 Å². The summed E-state index contributed by atoms with van der Waals surface area (Å²) in [7, 11) is 0. The zero-order valence-electron chi connectivity index (χ0n) is 33.1. The van der Waals surface area contributed by atoms with Crippen molar-refractivity contribution in [3.05, 3.63) is 199 Å². The summed E-state index contributed by atoms with van der Waals surface area (Å²) < 4.78 is 6.47. The highest BCUT2D eigenvalue weighted by Gasteiger charge is 2.33. The van der Waals surface area contributed by atoms with Crippen LogP contribution in [-0.2, 0) is 6.42 Å². The zero-order valence-corrected chi connectivity index (χ0v) is 33.1. The minimum Gasteiger partial charge on any atom is -0.456 e. The highest BCUT2D eigenvalue weighted by Crippen LogP contribution is 2.48. The molecule has 1 unspecified atom stereocenters. The Bertz CT molecular complexity index is 3720. The second-order valence-corrected chi connectivity index (χ2v) is 16.2.